The van der Waals surface area contributed by atoms with E-state index in [0.717, 1.165) is 17.4 Å². The maximum absolute atomic E-state index is 12.6. The van der Waals surface area contributed by atoms with E-state index in [9.17, 15) is 26.4 Å². The van der Waals surface area contributed by atoms with Gasteiger partial charge in [0.25, 0.3) is 0 Å². The first-order chi connectivity index (χ1) is 17.4. The summed E-state index contributed by atoms with van der Waals surface area (Å²) in [5, 5.41) is 7.56. The van der Waals surface area contributed by atoms with Crippen LogP contribution in [0.25, 0.3) is 11.0 Å². The molecule has 3 heterocycles. The summed E-state index contributed by atoms with van der Waals surface area (Å²) < 4.78 is 67.6. The molecule has 0 bridgehead atoms. The SMILES string of the molecule is O=C(CCNS(=O)(=O)c1cccc2nsnc12)N1CCN(c2ccnc(Cl)c2)CC1.O=C(O)C(F)(F)F. The van der Waals surface area contributed by atoms with Crippen LogP contribution in [0.2, 0.25) is 5.15 Å². The molecule has 1 aliphatic rings. The van der Waals surface area contributed by atoms with Gasteiger partial charge in [-0.2, -0.15) is 21.9 Å². The predicted octanol–water partition coefficient (Wildman–Crippen LogP) is 2.39. The van der Waals surface area contributed by atoms with Crippen LogP contribution in [-0.2, 0) is 19.6 Å². The van der Waals surface area contributed by atoms with Crippen LogP contribution in [0.1, 0.15) is 6.42 Å². The maximum Gasteiger partial charge on any atom is 0.490 e. The summed E-state index contributed by atoms with van der Waals surface area (Å²) in [7, 11) is -3.78. The predicted molar refractivity (Wildman–Crippen MR) is 129 cm³/mol. The third-order valence-corrected chi connectivity index (χ3v) is 7.36. The Morgan fingerprint density at radius 2 is 1.81 bits per heavy atom. The highest BCUT2D eigenvalue weighted by Gasteiger charge is 2.38. The molecule has 1 saturated heterocycles. The number of fused-ring (bicyclic) bond motifs is 1. The number of amides is 1. The number of carboxylic acids is 1. The van der Waals surface area contributed by atoms with Crippen molar-refractivity contribution >= 4 is 61.9 Å². The van der Waals surface area contributed by atoms with Gasteiger partial charge in [0.2, 0.25) is 15.9 Å². The number of carboxylic acid groups (broad SMARTS) is 1. The Bertz CT molecular complexity index is 1360. The molecule has 0 unspecified atom stereocenters. The molecule has 200 valence electrons. The van der Waals surface area contributed by atoms with E-state index in [0.29, 0.717) is 42.4 Å². The quantitative estimate of drug-likeness (QED) is 0.420. The van der Waals surface area contributed by atoms with Gasteiger partial charge < -0.3 is 14.9 Å². The summed E-state index contributed by atoms with van der Waals surface area (Å²) in [5.74, 6) is -2.84. The lowest BCUT2D eigenvalue weighted by Gasteiger charge is -2.36. The van der Waals surface area contributed by atoms with E-state index >= 15 is 0 Å². The fourth-order valence-electron chi connectivity index (χ4n) is 3.33. The fraction of sp³-hybridized carbons (Fsp3) is 0.350. The second-order valence-corrected chi connectivity index (χ2v) is 10.2. The Labute approximate surface area is 218 Å². The highest BCUT2D eigenvalue weighted by Crippen LogP contribution is 2.21. The number of alkyl halides is 3. The Kier molecular flexibility index (Phi) is 9.22. The van der Waals surface area contributed by atoms with Crippen LogP contribution >= 0.6 is 23.3 Å². The molecule has 0 saturated carbocycles. The Morgan fingerprint density at radius 3 is 2.43 bits per heavy atom. The highest BCUT2D eigenvalue weighted by molar-refractivity contribution is 7.89. The number of benzene rings is 1. The zero-order chi connectivity index (χ0) is 27.2. The van der Waals surface area contributed by atoms with E-state index in [1.54, 1.807) is 29.3 Å². The van der Waals surface area contributed by atoms with Crippen molar-refractivity contribution in [2.24, 2.45) is 0 Å². The summed E-state index contributed by atoms with van der Waals surface area (Å²) in [6.07, 6.45) is -3.34. The van der Waals surface area contributed by atoms with E-state index < -0.39 is 22.2 Å². The van der Waals surface area contributed by atoms with E-state index in [2.05, 4.69) is 23.4 Å². The van der Waals surface area contributed by atoms with E-state index in [1.807, 2.05) is 6.07 Å². The minimum Gasteiger partial charge on any atom is -0.475 e. The normalized spacial score (nSPS) is 14.3. The second kappa shape index (κ2) is 12.0. The second-order valence-electron chi connectivity index (χ2n) is 7.54. The maximum atomic E-state index is 12.6. The minimum absolute atomic E-state index is 0.0231. The minimum atomic E-state index is -5.08. The van der Waals surface area contributed by atoms with Crippen molar-refractivity contribution in [2.45, 2.75) is 17.5 Å². The molecule has 0 spiro atoms. The number of nitrogens with one attached hydrogen (secondary N) is 1. The number of carbonyl (C=O) groups is 2. The molecule has 0 atom stereocenters. The highest BCUT2D eigenvalue weighted by atomic mass is 35.5. The van der Waals surface area contributed by atoms with Crippen molar-refractivity contribution in [3.05, 3.63) is 41.7 Å². The van der Waals surface area contributed by atoms with Crippen molar-refractivity contribution in [3.8, 4) is 0 Å². The molecule has 1 amide bonds. The number of anilines is 1. The van der Waals surface area contributed by atoms with Gasteiger partial charge in [-0.25, -0.2) is 22.9 Å². The molecule has 2 aromatic heterocycles. The van der Waals surface area contributed by atoms with Crippen LogP contribution in [0.3, 0.4) is 0 Å². The molecule has 11 nitrogen and oxygen atoms in total. The van der Waals surface area contributed by atoms with Crippen LogP contribution in [-0.4, -0.2) is 82.9 Å². The third-order valence-electron chi connectivity index (χ3n) is 5.12. The lowest BCUT2D eigenvalue weighted by Crippen LogP contribution is -2.49. The molecule has 1 aromatic carbocycles. The van der Waals surface area contributed by atoms with Crippen LogP contribution in [0.4, 0.5) is 18.9 Å². The number of aromatic nitrogens is 3. The molecule has 2 N–H and O–H groups in total. The first kappa shape index (κ1) is 28.5. The van der Waals surface area contributed by atoms with Crippen LogP contribution in [0.15, 0.2) is 41.4 Å². The summed E-state index contributed by atoms with van der Waals surface area (Å²) in [6, 6.07) is 8.50. The number of hydrogen-bond donors (Lipinski definition) is 2. The van der Waals surface area contributed by atoms with E-state index in [1.165, 1.54) is 6.07 Å². The molecule has 3 aromatic rings. The van der Waals surface area contributed by atoms with Crippen molar-refractivity contribution in [3.63, 3.8) is 0 Å². The number of piperazine rings is 1. The van der Waals surface area contributed by atoms with Gasteiger partial charge in [0, 0.05) is 51.0 Å². The Balaban J connectivity index is 0.000000479. The standard InChI is InChI=1S/C18H19ClN6O3S2.C2HF3O2/c19-16-12-13(4-6-20-16)24-8-10-25(11-9-24)17(26)5-7-21-30(27,28)15-3-1-2-14-18(15)23-29-22-14;3-2(4,5)1(6)7/h1-4,6,12,21H,5,7-11H2;(H,6,7). The lowest BCUT2D eigenvalue weighted by atomic mass is 10.2. The van der Waals surface area contributed by atoms with Crippen molar-refractivity contribution in [1.29, 1.82) is 0 Å². The fourth-order valence-corrected chi connectivity index (χ4v) is 5.29. The van der Waals surface area contributed by atoms with Gasteiger partial charge in [-0.15, -0.1) is 0 Å². The molecule has 4 rings (SSSR count). The average molecular weight is 581 g/mol. The molecule has 37 heavy (non-hydrogen) atoms. The number of carbonyl (C=O) groups excluding carboxylic acids is 1. The lowest BCUT2D eigenvalue weighted by molar-refractivity contribution is -0.192. The van der Waals surface area contributed by atoms with Gasteiger partial charge in [-0.1, -0.05) is 17.7 Å². The Morgan fingerprint density at radius 1 is 1.14 bits per heavy atom. The summed E-state index contributed by atoms with van der Waals surface area (Å²) in [6.45, 7) is 2.51. The largest absolute Gasteiger partial charge is 0.490 e. The van der Waals surface area contributed by atoms with Gasteiger partial charge >= 0.3 is 12.1 Å². The number of pyridine rings is 1. The summed E-state index contributed by atoms with van der Waals surface area (Å²) in [4.78, 5) is 29.3. The van der Waals surface area contributed by atoms with Crippen molar-refractivity contribution < 1.29 is 36.3 Å². The monoisotopic (exact) mass is 580 g/mol. The Hall–Kier alpha value is -3.08. The first-order valence-corrected chi connectivity index (χ1v) is 13.1. The van der Waals surface area contributed by atoms with Crippen molar-refractivity contribution in [2.75, 3.05) is 37.6 Å². The number of sulfonamides is 1. The molecular weight excluding hydrogens is 561 g/mol. The molecule has 0 aliphatic carbocycles. The summed E-state index contributed by atoms with van der Waals surface area (Å²) >= 11 is 6.90. The van der Waals surface area contributed by atoms with Crippen LogP contribution in [0, 0.1) is 0 Å². The van der Waals surface area contributed by atoms with Crippen LogP contribution in [0.5, 0.6) is 0 Å². The molecule has 17 heteroatoms. The van der Waals surface area contributed by atoms with Gasteiger partial charge in [-0.3, -0.25) is 4.79 Å². The van der Waals surface area contributed by atoms with Gasteiger partial charge in [-0.05, 0) is 24.3 Å². The molecule has 0 radical (unpaired) electrons. The topological polar surface area (TPSA) is 146 Å². The van der Waals surface area contributed by atoms with Gasteiger partial charge in [0.1, 0.15) is 21.1 Å². The van der Waals surface area contributed by atoms with E-state index in [-0.39, 0.29) is 23.8 Å². The number of nitrogens with zero attached hydrogens (tertiary/aromatic N) is 5. The first-order valence-electron chi connectivity index (χ1n) is 10.5. The van der Waals surface area contributed by atoms with E-state index in [4.69, 9.17) is 21.5 Å². The van der Waals surface area contributed by atoms with Gasteiger partial charge in [0.15, 0.2) is 0 Å². The molecular formula is C20H20ClF3N6O5S2. The molecule has 1 fully saturated rings. The number of halogens is 4. The van der Waals surface area contributed by atoms with Crippen molar-refractivity contribution in [1.82, 2.24) is 23.4 Å². The van der Waals surface area contributed by atoms with Crippen LogP contribution < -0.4 is 9.62 Å². The zero-order valence-corrected chi connectivity index (χ0v) is 21.2. The summed E-state index contributed by atoms with van der Waals surface area (Å²) in [5.41, 5.74) is 1.85. The number of rotatable bonds is 6. The number of aliphatic carboxylic acids is 1. The number of hydrogen-bond acceptors (Lipinski definition) is 9. The smallest absolute Gasteiger partial charge is 0.475 e. The zero-order valence-electron chi connectivity index (χ0n) is 18.9. The third kappa shape index (κ3) is 7.70. The van der Waals surface area contributed by atoms with Gasteiger partial charge in [0.05, 0.1) is 11.7 Å². The average Bonchev–Trinajstić information content (AvgIpc) is 3.33. The molecule has 1 aliphatic heterocycles.